The number of rotatable bonds is 5. The van der Waals surface area contributed by atoms with Gasteiger partial charge >= 0.3 is 6.18 Å². The van der Waals surface area contributed by atoms with E-state index in [1.807, 2.05) is 73.1 Å². The standard InChI is InChI=1S/C33H26F3N3O/c1-21-9-11-25(12-10-21)31-30(24-15-19-27(40-3)20-16-24)38(2)32-28(22-13-17-26(18-14-22)33(34,35)36)29(37-39(31)32)23-7-5-4-6-8-23/h4-20H,1-3H3. The molecule has 0 spiro atoms. The number of fused-ring (bicyclic) bond motifs is 1. The van der Waals surface area contributed by atoms with E-state index in [-0.39, 0.29) is 0 Å². The summed E-state index contributed by atoms with van der Waals surface area (Å²) >= 11 is 0. The molecule has 0 saturated heterocycles. The molecular weight excluding hydrogens is 511 g/mol. The van der Waals surface area contributed by atoms with Crippen LogP contribution in [0.15, 0.2) is 103 Å². The highest BCUT2D eigenvalue weighted by Crippen LogP contribution is 2.43. The van der Waals surface area contributed by atoms with Crippen molar-refractivity contribution in [3.63, 3.8) is 0 Å². The zero-order chi connectivity index (χ0) is 28.0. The van der Waals surface area contributed by atoms with Gasteiger partial charge in [-0.2, -0.15) is 18.3 Å². The van der Waals surface area contributed by atoms with Crippen LogP contribution in [-0.2, 0) is 13.2 Å². The number of aryl methyl sites for hydroxylation is 2. The van der Waals surface area contributed by atoms with Gasteiger partial charge in [-0.1, -0.05) is 72.3 Å². The van der Waals surface area contributed by atoms with Gasteiger partial charge in [0, 0.05) is 23.7 Å². The Morgan fingerprint density at radius 3 is 1.85 bits per heavy atom. The lowest BCUT2D eigenvalue weighted by atomic mass is 10.00. The number of aromatic nitrogens is 3. The van der Waals surface area contributed by atoms with Crippen molar-refractivity contribution in [1.29, 1.82) is 0 Å². The minimum atomic E-state index is -4.42. The minimum absolute atomic E-state index is 0.652. The second kappa shape index (κ2) is 9.75. The van der Waals surface area contributed by atoms with Crippen LogP contribution in [0.4, 0.5) is 13.2 Å². The molecule has 0 atom stereocenters. The third-order valence-electron chi connectivity index (χ3n) is 7.19. The summed E-state index contributed by atoms with van der Waals surface area (Å²) in [5.74, 6) is 0.747. The summed E-state index contributed by atoms with van der Waals surface area (Å²) in [6, 6.07) is 31.1. The SMILES string of the molecule is COc1ccc(-c2c(-c3ccc(C)cc3)n3nc(-c4ccccc4)c(-c4ccc(C(F)(F)F)cc4)c3n2C)cc1. The predicted molar refractivity (Wildman–Crippen MR) is 152 cm³/mol. The van der Waals surface area contributed by atoms with Crippen molar-refractivity contribution in [2.45, 2.75) is 13.1 Å². The van der Waals surface area contributed by atoms with Crippen LogP contribution in [-0.4, -0.2) is 21.3 Å². The Balaban J connectivity index is 1.70. The Hall–Kier alpha value is -4.78. The molecule has 6 aromatic rings. The molecular formula is C33H26F3N3O. The minimum Gasteiger partial charge on any atom is -0.497 e. The van der Waals surface area contributed by atoms with Gasteiger partial charge in [-0.15, -0.1) is 0 Å². The second-order valence-corrected chi connectivity index (χ2v) is 9.75. The van der Waals surface area contributed by atoms with Crippen LogP contribution in [0.5, 0.6) is 5.75 Å². The molecule has 0 radical (unpaired) electrons. The molecule has 0 fully saturated rings. The van der Waals surface area contributed by atoms with E-state index in [4.69, 9.17) is 9.84 Å². The van der Waals surface area contributed by atoms with Crippen LogP contribution in [0, 0.1) is 6.92 Å². The van der Waals surface area contributed by atoms with E-state index < -0.39 is 11.7 Å². The summed E-state index contributed by atoms with van der Waals surface area (Å²) in [5, 5.41) is 5.12. The molecule has 0 N–H and O–H groups in total. The summed E-state index contributed by atoms with van der Waals surface area (Å²) in [7, 11) is 3.60. The molecule has 4 aromatic carbocycles. The van der Waals surface area contributed by atoms with Gasteiger partial charge in [0.15, 0.2) is 0 Å². The van der Waals surface area contributed by atoms with Crippen molar-refractivity contribution < 1.29 is 17.9 Å². The highest BCUT2D eigenvalue weighted by atomic mass is 19.4. The fourth-order valence-electron chi connectivity index (χ4n) is 5.18. The Kier molecular flexibility index (Phi) is 6.22. The molecule has 4 nitrogen and oxygen atoms in total. The lowest BCUT2D eigenvalue weighted by molar-refractivity contribution is -0.137. The van der Waals surface area contributed by atoms with Gasteiger partial charge in [0.25, 0.3) is 0 Å². The number of imidazole rings is 1. The number of alkyl halides is 3. The summed E-state index contributed by atoms with van der Waals surface area (Å²) < 4.78 is 49.6. The van der Waals surface area contributed by atoms with E-state index in [2.05, 4.69) is 28.8 Å². The van der Waals surface area contributed by atoms with E-state index in [1.165, 1.54) is 12.1 Å². The predicted octanol–water partition coefficient (Wildman–Crippen LogP) is 8.68. The molecule has 200 valence electrons. The summed E-state index contributed by atoms with van der Waals surface area (Å²) in [5.41, 5.74) is 7.97. The maximum Gasteiger partial charge on any atom is 0.416 e. The quantitative estimate of drug-likeness (QED) is 0.220. The monoisotopic (exact) mass is 537 g/mol. The zero-order valence-electron chi connectivity index (χ0n) is 22.2. The first-order valence-electron chi connectivity index (χ1n) is 12.8. The summed E-state index contributed by atoms with van der Waals surface area (Å²) in [4.78, 5) is 0. The molecule has 0 bridgehead atoms. The van der Waals surface area contributed by atoms with E-state index in [1.54, 1.807) is 7.11 Å². The summed E-state index contributed by atoms with van der Waals surface area (Å²) in [6.45, 7) is 2.04. The van der Waals surface area contributed by atoms with Gasteiger partial charge in [-0.05, 0) is 48.9 Å². The van der Waals surface area contributed by atoms with Crippen LogP contribution < -0.4 is 4.74 Å². The molecule has 0 aliphatic carbocycles. The molecule has 7 heteroatoms. The Labute approximate surface area is 229 Å². The first kappa shape index (κ1) is 25.5. The molecule has 0 amide bonds. The van der Waals surface area contributed by atoms with Crippen molar-refractivity contribution in [1.82, 2.24) is 14.2 Å². The van der Waals surface area contributed by atoms with Gasteiger partial charge in [0.1, 0.15) is 17.1 Å². The first-order chi connectivity index (χ1) is 19.3. The normalized spacial score (nSPS) is 11.8. The van der Waals surface area contributed by atoms with Crippen molar-refractivity contribution in [2.24, 2.45) is 7.05 Å². The topological polar surface area (TPSA) is 31.5 Å². The zero-order valence-corrected chi connectivity index (χ0v) is 22.2. The molecule has 6 rings (SSSR count). The van der Waals surface area contributed by atoms with Crippen LogP contribution >= 0.6 is 0 Å². The number of halogens is 3. The van der Waals surface area contributed by atoms with Gasteiger partial charge in [-0.3, -0.25) is 0 Å². The van der Waals surface area contributed by atoms with Gasteiger partial charge in [0.2, 0.25) is 0 Å². The molecule has 0 aliphatic rings. The smallest absolute Gasteiger partial charge is 0.416 e. The van der Waals surface area contributed by atoms with Crippen molar-refractivity contribution in [3.8, 4) is 50.6 Å². The van der Waals surface area contributed by atoms with E-state index in [0.29, 0.717) is 11.3 Å². The molecule has 2 heterocycles. The van der Waals surface area contributed by atoms with Crippen LogP contribution in [0.2, 0.25) is 0 Å². The Bertz CT molecular complexity index is 1800. The van der Waals surface area contributed by atoms with Gasteiger partial charge in [-0.25, -0.2) is 4.52 Å². The third kappa shape index (κ3) is 4.33. The van der Waals surface area contributed by atoms with Crippen LogP contribution in [0.3, 0.4) is 0 Å². The van der Waals surface area contributed by atoms with Gasteiger partial charge in [0.05, 0.1) is 29.6 Å². The first-order valence-corrected chi connectivity index (χ1v) is 12.8. The molecule has 40 heavy (non-hydrogen) atoms. The number of hydrogen-bond acceptors (Lipinski definition) is 2. The average molecular weight is 538 g/mol. The van der Waals surface area contributed by atoms with E-state index in [9.17, 15) is 13.2 Å². The number of hydrogen-bond donors (Lipinski definition) is 0. The fraction of sp³-hybridized carbons (Fsp3) is 0.121. The molecule has 0 unspecified atom stereocenters. The Morgan fingerprint density at radius 1 is 0.675 bits per heavy atom. The fourth-order valence-corrected chi connectivity index (χ4v) is 5.18. The van der Waals surface area contributed by atoms with E-state index >= 15 is 0 Å². The van der Waals surface area contributed by atoms with Crippen LogP contribution in [0.1, 0.15) is 11.1 Å². The lowest BCUT2D eigenvalue weighted by Crippen LogP contribution is -2.04. The molecule has 0 aliphatic heterocycles. The largest absolute Gasteiger partial charge is 0.497 e. The maximum atomic E-state index is 13.4. The number of nitrogens with zero attached hydrogens (tertiary/aromatic N) is 3. The highest BCUT2D eigenvalue weighted by Gasteiger charge is 2.31. The van der Waals surface area contributed by atoms with Crippen molar-refractivity contribution >= 4 is 5.65 Å². The third-order valence-corrected chi connectivity index (χ3v) is 7.19. The lowest BCUT2D eigenvalue weighted by Gasteiger charge is -2.11. The molecule has 2 aromatic heterocycles. The number of benzene rings is 4. The maximum absolute atomic E-state index is 13.4. The number of ether oxygens (including phenoxy) is 1. The molecule has 0 saturated carbocycles. The summed E-state index contributed by atoms with van der Waals surface area (Å²) in [6.07, 6.45) is -4.42. The van der Waals surface area contributed by atoms with Crippen molar-refractivity contribution in [3.05, 3.63) is 114 Å². The highest BCUT2D eigenvalue weighted by molar-refractivity contribution is 5.95. The Morgan fingerprint density at radius 2 is 1.25 bits per heavy atom. The number of methoxy groups -OCH3 is 1. The average Bonchev–Trinajstić information content (AvgIpc) is 3.49. The van der Waals surface area contributed by atoms with Gasteiger partial charge < -0.3 is 9.30 Å². The van der Waals surface area contributed by atoms with Crippen molar-refractivity contribution in [2.75, 3.05) is 7.11 Å². The second-order valence-electron chi connectivity index (χ2n) is 9.75. The van der Waals surface area contributed by atoms with Crippen LogP contribution in [0.25, 0.3) is 50.5 Å². The van der Waals surface area contributed by atoms with E-state index in [0.717, 1.165) is 62.7 Å².